The van der Waals surface area contributed by atoms with Crippen LogP contribution in [0.15, 0.2) is 46.3 Å². The molecule has 1 N–H and O–H groups in total. The van der Waals surface area contributed by atoms with Crippen LogP contribution in [0.3, 0.4) is 0 Å². The molecule has 0 aliphatic heterocycles. The predicted molar refractivity (Wildman–Crippen MR) is 144 cm³/mol. The Hall–Kier alpha value is -2.02. The van der Waals surface area contributed by atoms with Crippen LogP contribution in [-0.2, 0) is 4.79 Å². The molecule has 2 aromatic carbocycles. The average Bonchev–Trinajstić information content (AvgIpc) is 2.81. The van der Waals surface area contributed by atoms with Gasteiger partial charge in [-0.25, -0.2) is 9.78 Å². The summed E-state index contributed by atoms with van der Waals surface area (Å²) < 4.78 is 8.59. The Bertz CT molecular complexity index is 1260. The van der Waals surface area contributed by atoms with E-state index in [0.717, 1.165) is 38.4 Å². The Kier molecular flexibility index (Phi) is 7.67. The number of benzene rings is 2. The first-order valence-electron chi connectivity index (χ1n) is 10.8. The summed E-state index contributed by atoms with van der Waals surface area (Å²) >= 11 is 4.24. The lowest BCUT2D eigenvalue weighted by Crippen LogP contribution is -2.25. The van der Waals surface area contributed by atoms with Gasteiger partial charge < -0.3 is 9.84 Å². The van der Waals surface area contributed by atoms with E-state index in [2.05, 4.69) is 50.3 Å². The number of aromatic nitrogens is 2. The number of aliphatic carboxylic acids is 1. The van der Waals surface area contributed by atoms with E-state index in [1.165, 1.54) is 18.0 Å². The molecule has 172 valence electrons. The van der Waals surface area contributed by atoms with Crippen molar-refractivity contribution in [1.82, 2.24) is 9.66 Å². The zero-order valence-electron chi connectivity index (χ0n) is 18.0. The van der Waals surface area contributed by atoms with E-state index >= 15 is 0 Å². The van der Waals surface area contributed by atoms with Crippen molar-refractivity contribution in [2.75, 3.05) is 0 Å². The molecule has 0 bridgehead atoms. The lowest BCUT2D eigenvalue weighted by atomic mass is 9.88. The fourth-order valence-electron chi connectivity index (χ4n) is 4.00. The highest BCUT2D eigenvalue weighted by Crippen LogP contribution is 2.32. The molecule has 1 fully saturated rings. The summed E-state index contributed by atoms with van der Waals surface area (Å²) in [6.45, 7) is 1.50. The number of hydrogen-bond donors (Lipinski definition) is 1. The van der Waals surface area contributed by atoms with Crippen molar-refractivity contribution in [1.29, 1.82) is 0 Å². The monoisotopic (exact) mass is 671 g/mol. The molecular weight excluding hydrogens is 648 g/mol. The molecule has 9 heteroatoms. The number of carbonyl (C=O) groups is 1. The molecule has 1 aromatic heterocycles. The van der Waals surface area contributed by atoms with Crippen LogP contribution in [-0.4, -0.2) is 33.1 Å². The molecular formula is C24H23I2N3O4. The minimum absolute atomic E-state index is 0.169. The fourth-order valence-corrected chi connectivity index (χ4v) is 6.07. The average molecular weight is 671 g/mol. The van der Waals surface area contributed by atoms with Crippen LogP contribution >= 0.6 is 45.2 Å². The van der Waals surface area contributed by atoms with E-state index in [-0.39, 0.29) is 11.5 Å². The Morgan fingerprint density at radius 3 is 2.55 bits per heavy atom. The minimum Gasteiger partial charge on any atom is -0.479 e. The molecule has 0 saturated heterocycles. The first kappa shape index (κ1) is 24.1. The third-order valence-corrected chi connectivity index (χ3v) is 7.34. The van der Waals surface area contributed by atoms with E-state index in [9.17, 15) is 9.59 Å². The largest absolute Gasteiger partial charge is 0.479 e. The Morgan fingerprint density at radius 2 is 1.88 bits per heavy atom. The van der Waals surface area contributed by atoms with Crippen LogP contribution in [0.1, 0.15) is 56.3 Å². The van der Waals surface area contributed by atoms with Gasteiger partial charge >= 0.3 is 5.97 Å². The maximum atomic E-state index is 13.3. The lowest BCUT2D eigenvalue weighted by Gasteiger charge is -2.22. The maximum absolute atomic E-state index is 13.3. The summed E-state index contributed by atoms with van der Waals surface area (Å²) in [7, 11) is 0. The maximum Gasteiger partial charge on any atom is 0.344 e. The number of nitrogens with zero attached hydrogens (tertiary/aromatic N) is 3. The number of hydrogen-bond acceptors (Lipinski definition) is 5. The van der Waals surface area contributed by atoms with Crippen LogP contribution in [0, 0.1) is 7.14 Å². The van der Waals surface area contributed by atoms with E-state index in [0.29, 0.717) is 22.5 Å². The molecule has 0 radical (unpaired) electrons. The molecule has 3 aromatic rings. The molecule has 1 aliphatic rings. The van der Waals surface area contributed by atoms with Crippen LogP contribution < -0.4 is 10.3 Å². The van der Waals surface area contributed by atoms with E-state index in [1.807, 2.05) is 30.3 Å². The summed E-state index contributed by atoms with van der Waals surface area (Å²) in [5.74, 6) is 0.428. The zero-order valence-corrected chi connectivity index (χ0v) is 22.3. The molecule has 1 aliphatic carbocycles. The number of fused-ring (bicyclic) bond motifs is 1. The third-order valence-electron chi connectivity index (χ3n) is 5.73. The lowest BCUT2D eigenvalue weighted by molar-refractivity contribution is -0.144. The molecule has 0 unspecified atom stereocenters. The quantitative estimate of drug-likeness (QED) is 0.281. The van der Waals surface area contributed by atoms with E-state index < -0.39 is 12.1 Å². The number of ether oxygens (including phenoxy) is 1. The number of rotatable bonds is 6. The molecule has 0 spiro atoms. The molecule has 1 heterocycles. The van der Waals surface area contributed by atoms with Gasteiger partial charge in [-0.15, -0.1) is 0 Å². The van der Waals surface area contributed by atoms with Crippen LogP contribution in [0.4, 0.5) is 0 Å². The summed E-state index contributed by atoms with van der Waals surface area (Å²) in [6.07, 6.45) is 6.18. The summed E-state index contributed by atoms with van der Waals surface area (Å²) in [4.78, 5) is 29.3. The van der Waals surface area contributed by atoms with Crippen LogP contribution in [0.2, 0.25) is 0 Å². The summed E-state index contributed by atoms with van der Waals surface area (Å²) in [6, 6.07) is 11.1. The molecule has 33 heavy (non-hydrogen) atoms. The predicted octanol–water partition coefficient (Wildman–Crippen LogP) is 5.39. The zero-order chi connectivity index (χ0) is 23.5. The SMILES string of the molecule is C[C@H](Oc1c(I)cc(C=Nn2c(C3CCCCC3)nc3ccccc3c2=O)cc1I)C(=O)O. The molecule has 4 rings (SSSR count). The normalized spacial score (nSPS) is 15.7. The first-order chi connectivity index (χ1) is 15.8. The van der Waals surface area contributed by atoms with Gasteiger partial charge in [0.05, 0.1) is 24.3 Å². The highest BCUT2D eigenvalue weighted by molar-refractivity contribution is 14.1. The van der Waals surface area contributed by atoms with Gasteiger partial charge in [-0.2, -0.15) is 9.78 Å². The molecule has 1 atom stereocenters. The third kappa shape index (κ3) is 5.39. The second-order valence-corrected chi connectivity index (χ2v) is 10.4. The minimum atomic E-state index is -1.02. The van der Waals surface area contributed by atoms with Gasteiger partial charge in [0.25, 0.3) is 5.56 Å². The number of para-hydroxylation sites is 1. The first-order valence-corrected chi connectivity index (χ1v) is 13.0. The van der Waals surface area contributed by atoms with Gasteiger partial charge in [-0.1, -0.05) is 31.4 Å². The van der Waals surface area contributed by atoms with Crippen molar-refractivity contribution >= 4 is 68.3 Å². The topological polar surface area (TPSA) is 93.8 Å². The number of halogens is 2. The standard InChI is InChI=1S/C24H23I2N3O4/c1-14(24(31)32)33-21-18(25)11-15(12-19(21)26)13-27-29-22(16-7-3-2-4-8-16)28-20-10-6-5-9-17(20)23(29)30/h5-6,9-14,16H,2-4,7-8H2,1H3,(H,31,32)/t14-/m0/s1. The highest BCUT2D eigenvalue weighted by Gasteiger charge is 2.22. The van der Waals surface area contributed by atoms with E-state index in [4.69, 9.17) is 14.8 Å². The van der Waals surface area contributed by atoms with Crippen molar-refractivity contribution in [2.24, 2.45) is 5.10 Å². The van der Waals surface area contributed by atoms with Crippen molar-refractivity contribution in [3.05, 3.63) is 65.3 Å². The number of carboxylic acid groups (broad SMARTS) is 1. The van der Waals surface area contributed by atoms with E-state index in [1.54, 1.807) is 12.3 Å². The fraction of sp³-hybridized carbons (Fsp3) is 0.333. The van der Waals surface area contributed by atoms with Gasteiger partial charge in [-0.05, 0) is 94.8 Å². The van der Waals surface area contributed by atoms with Gasteiger partial charge in [0.1, 0.15) is 11.6 Å². The molecule has 0 amide bonds. The molecule has 1 saturated carbocycles. The van der Waals surface area contributed by atoms with Crippen molar-refractivity contribution in [2.45, 2.75) is 51.0 Å². The van der Waals surface area contributed by atoms with Gasteiger partial charge in [-0.3, -0.25) is 4.79 Å². The van der Waals surface area contributed by atoms with Gasteiger partial charge in [0.2, 0.25) is 0 Å². The smallest absolute Gasteiger partial charge is 0.344 e. The Morgan fingerprint density at radius 1 is 1.21 bits per heavy atom. The Balaban J connectivity index is 1.74. The van der Waals surface area contributed by atoms with Crippen molar-refractivity contribution in [3.8, 4) is 5.75 Å². The van der Waals surface area contributed by atoms with Gasteiger partial charge in [0, 0.05) is 5.92 Å². The van der Waals surface area contributed by atoms with Crippen molar-refractivity contribution in [3.63, 3.8) is 0 Å². The van der Waals surface area contributed by atoms with Gasteiger partial charge in [0.15, 0.2) is 6.10 Å². The number of carboxylic acids is 1. The van der Waals surface area contributed by atoms with Crippen molar-refractivity contribution < 1.29 is 14.6 Å². The second kappa shape index (κ2) is 10.5. The second-order valence-electron chi connectivity index (χ2n) is 8.10. The summed E-state index contributed by atoms with van der Waals surface area (Å²) in [5.41, 5.74) is 1.32. The highest BCUT2D eigenvalue weighted by atomic mass is 127. The Labute approximate surface area is 218 Å². The summed E-state index contributed by atoms with van der Waals surface area (Å²) in [5, 5.41) is 14.3. The van der Waals surface area contributed by atoms with Crippen LogP contribution in [0.5, 0.6) is 5.75 Å². The van der Waals surface area contributed by atoms with Crippen LogP contribution in [0.25, 0.3) is 10.9 Å². The molecule has 7 nitrogen and oxygen atoms in total.